The van der Waals surface area contributed by atoms with Crippen molar-refractivity contribution in [3.8, 4) is 0 Å². The van der Waals surface area contributed by atoms with E-state index in [2.05, 4.69) is 13.2 Å². The van der Waals surface area contributed by atoms with Crippen molar-refractivity contribution in [3.05, 3.63) is 54.6 Å². The zero-order valence-corrected chi connectivity index (χ0v) is 8.77. The molecule has 0 N–H and O–H groups in total. The highest BCUT2D eigenvalue weighted by molar-refractivity contribution is 5.89. The number of carbonyl (C=O) groups excluding carboxylic acids is 1. The largest absolute Gasteiger partial charge is 0.455 e. The van der Waals surface area contributed by atoms with E-state index in [1.807, 2.05) is 12.1 Å². The summed E-state index contributed by atoms with van der Waals surface area (Å²) in [6.07, 6.45) is 3.04. The molecule has 0 fully saturated rings. The number of esters is 1. The minimum atomic E-state index is -0.335. The average molecular weight is 202 g/mol. The van der Waals surface area contributed by atoms with E-state index >= 15 is 0 Å². The maximum atomic E-state index is 11.5. The van der Waals surface area contributed by atoms with Crippen molar-refractivity contribution in [2.24, 2.45) is 0 Å². The van der Waals surface area contributed by atoms with Crippen LogP contribution in [0, 0.1) is 0 Å². The topological polar surface area (TPSA) is 26.3 Å². The molecule has 0 aromatic heterocycles. The lowest BCUT2D eigenvalue weighted by Gasteiger charge is -2.08. The Balaban J connectivity index is 2.74. The van der Waals surface area contributed by atoms with Crippen LogP contribution in [0.2, 0.25) is 0 Å². The first kappa shape index (κ1) is 11.2. The Hall–Kier alpha value is -1.83. The number of ether oxygens (including phenoxy) is 1. The molecular formula is C13H14O2. The van der Waals surface area contributed by atoms with Gasteiger partial charge in [0.2, 0.25) is 0 Å². The molecular weight excluding hydrogens is 188 g/mol. The summed E-state index contributed by atoms with van der Waals surface area (Å²) < 4.78 is 5.08. The van der Waals surface area contributed by atoms with Gasteiger partial charge in [0.25, 0.3) is 0 Å². The number of benzene rings is 1. The molecule has 0 aliphatic heterocycles. The molecule has 0 bridgehead atoms. The standard InChI is InChI=1S/C13H14O2/c1-4-10(3)15-13(14)12-8-6-11(5-2)7-9-12/h4-10H,1-2H2,3H3. The molecule has 2 heteroatoms. The van der Waals surface area contributed by atoms with Crippen molar-refractivity contribution in [2.45, 2.75) is 13.0 Å². The summed E-state index contributed by atoms with van der Waals surface area (Å²) >= 11 is 0. The maximum Gasteiger partial charge on any atom is 0.338 e. The monoisotopic (exact) mass is 202 g/mol. The highest BCUT2D eigenvalue weighted by atomic mass is 16.5. The highest BCUT2D eigenvalue weighted by Gasteiger charge is 2.08. The van der Waals surface area contributed by atoms with Crippen LogP contribution in [0.25, 0.3) is 6.08 Å². The Labute approximate surface area is 89.9 Å². The summed E-state index contributed by atoms with van der Waals surface area (Å²) in [4.78, 5) is 11.5. The molecule has 0 saturated heterocycles. The average Bonchev–Trinajstić information content (AvgIpc) is 2.29. The Bertz CT molecular complexity index is 363. The quantitative estimate of drug-likeness (QED) is 0.554. The van der Waals surface area contributed by atoms with Crippen molar-refractivity contribution in [2.75, 3.05) is 0 Å². The summed E-state index contributed by atoms with van der Waals surface area (Å²) in [5, 5.41) is 0. The van der Waals surface area contributed by atoms with Crippen LogP contribution >= 0.6 is 0 Å². The number of carbonyl (C=O) groups is 1. The minimum absolute atomic E-state index is 0.267. The Morgan fingerprint density at radius 3 is 2.40 bits per heavy atom. The summed E-state index contributed by atoms with van der Waals surface area (Å²) in [6, 6.07) is 7.08. The molecule has 1 aromatic carbocycles. The van der Waals surface area contributed by atoms with E-state index in [-0.39, 0.29) is 12.1 Å². The molecule has 1 aromatic rings. The Morgan fingerprint density at radius 2 is 1.93 bits per heavy atom. The van der Waals surface area contributed by atoms with Crippen LogP contribution in [0.3, 0.4) is 0 Å². The first-order chi connectivity index (χ1) is 7.17. The van der Waals surface area contributed by atoms with Crippen molar-refractivity contribution in [3.63, 3.8) is 0 Å². The van der Waals surface area contributed by atoms with Crippen LogP contribution in [0.15, 0.2) is 43.5 Å². The van der Waals surface area contributed by atoms with Gasteiger partial charge in [-0.15, -0.1) is 0 Å². The third-order valence-corrected chi connectivity index (χ3v) is 2.01. The molecule has 2 nitrogen and oxygen atoms in total. The van der Waals surface area contributed by atoms with E-state index < -0.39 is 0 Å². The molecule has 0 saturated carbocycles. The molecule has 1 rings (SSSR count). The first-order valence-corrected chi connectivity index (χ1v) is 4.73. The second kappa shape index (κ2) is 5.15. The van der Waals surface area contributed by atoms with Crippen LogP contribution < -0.4 is 0 Å². The van der Waals surface area contributed by atoms with Gasteiger partial charge < -0.3 is 4.74 Å². The molecule has 1 atom stereocenters. The fraction of sp³-hybridized carbons (Fsp3) is 0.154. The highest BCUT2D eigenvalue weighted by Crippen LogP contribution is 2.08. The van der Waals surface area contributed by atoms with Crippen molar-refractivity contribution < 1.29 is 9.53 Å². The van der Waals surface area contributed by atoms with Gasteiger partial charge in [0.05, 0.1) is 5.56 Å². The molecule has 0 spiro atoms. The van der Waals surface area contributed by atoms with E-state index in [0.29, 0.717) is 5.56 Å². The third-order valence-electron chi connectivity index (χ3n) is 2.01. The molecule has 0 radical (unpaired) electrons. The zero-order valence-electron chi connectivity index (χ0n) is 8.77. The molecule has 1 unspecified atom stereocenters. The molecule has 15 heavy (non-hydrogen) atoms. The van der Waals surface area contributed by atoms with Gasteiger partial charge in [-0.2, -0.15) is 0 Å². The summed E-state index contributed by atoms with van der Waals surface area (Å²) in [6.45, 7) is 8.95. The van der Waals surface area contributed by atoms with Crippen molar-refractivity contribution >= 4 is 12.0 Å². The Kier molecular flexibility index (Phi) is 3.86. The fourth-order valence-corrected chi connectivity index (χ4v) is 1.04. The summed E-state index contributed by atoms with van der Waals surface area (Å²) in [7, 11) is 0. The SMILES string of the molecule is C=Cc1ccc(C(=O)OC(C)C=C)cc1. The molecule has 78 valence electrons. The normalized spacial score (nSPS) is 11.5. The van der Waals surface area contributed by atoms with E-state index in [0.717, 1.165) is 5.56 Å². The van der Waals surface area contributed by atoms with Gasteiger partial charge in [0, 0.05) is 0 Å². The second-order valence-electron chi connectivity index (χ2n) is 3.17. The van der Waals surface area contributed by atoms with Crippen LogP contribution in [0.1, 0.15) is 22.8 Å². The van der Waals surface area contributed by atoms with Gasteiger partial charge in [-0.1, -0.05) is 37.4 Å². The zero-order chi connectivity index (χ0) is 11.3. The lowest BCUT2D eigenvalue weighted by molar-refractivity contribution is 0.0425. The summed E-state index contributed by atoms with van der Waals surface area (Å²) in [5.74, 6) is -0.335. The second-order valence-corrected chi connectivity index (χ2v) is 3.17. The van der Waals surface area contributed by atoms with Gasteiger partial charge in [-0.05, 0) is 24.6 Å². The smallest absolute Gasteiger partial charge is 0.338 e. The van der Waals surface area contributed by atoms with Gasteiger partial charge in [-0.25, -0.2) is 4.79 Å². The summed E-state index contributed by atoms with van der Waals surface area (Å²) in [5.41, 5.74) is 1.51. The van der Waals surface area contributed by atoms with E-state index in [9.17, 15) is 4.79 Å². The van der Waals surface area contributed by atoms with Gasteiger partial charge >= 0.3 is 5.97 Å². The van der Waals surface area contributed by atoms with Crippen molar-refractivity contribution in [1.29, 1.82) is 0 Å². The Morgan fingerprint density at radius 1 is 1.33 bits per heavy atom. The van der Waals surface area contributed by atoms with Crippen LogP contribution in [0.4, 0.5) is 0 Å². The third kappa shape index (κ3) is 3.09. The predicted octanol–water partition coefficient (Wildman–Crippen LogP) is 3.06. The maximum absolute atomic E-state index is 11.5. The van der Waals surface area contributed by atoms with Gasteiger partial charge in [0.1, 0.15) is 6.10 Å². The van der Waals surface area contributed by atoms with E-state index in [1.165, 1.54) is 0 Å². The first-order valence-electron chi connectivity index (χ1n) is 4.73. The van der Waals surface area contributed by atoms with E-state index in [1.54, 1.807) is 31.2 Å². The number of rotatable bonds is 4. The molecule has 0 aliphatic carbocycles. The molecule has 0 aliphatic rings. The predicted molar refractivity (Wildman–Crippen MR) is 61.6 cm³/mol. The number of hydrogen-bond acceptors (Lipinski definition) is 2. The lowest BCUT2D eigenvalue weighted by atomic mass is 10.1. The fourth-order valence-electron chi connectivity index (χ4n) is 1.04. The minimum Gasteiger partial charge on any atom is -0.455 e. The van der Waals surface area contributed by atoms with E-state index in [4.69, 9.17) is 4.74 Å². The van der Waals surface area contributed by atoms with Crippen LogP contribution in [-0.4, -0.2) is 12.1 Å². The van der Waals surface area contributed by atoms with Crippen LogP contribution in [-0.2, 0) is 4.74 Å². The van der Waals surface area contributed by atoms with Crippen LogP contribution in [0.5, 0.6) is 0 Å². The van der Waals surface area contributed by atoms with Gasteiger partial charge in [0.15, 0.2) is 0 Å². The van der Waals surface area contributed by atoms with Crippen molar-refractivity contribution in [1.82, 2.24) is 0 Å². The van der Waals surface area contributed by atoms with Gasteiger partial charge in [-0.3, -0.25) is 0 Å². The molecule has 0 amide bonds. The molecule has 0 heterocycles. The number of hydrogen-bond donors (Lipinski definition) is 0. The lowest BCUT2D eigenvalue weighted by Crippen LogP contribution is -2.12.